The Morgan fingerprint density at radius 3 is 1.94 bits per heavy atom. The molecule has 266 valence electrons. The summed E-state index contributed by atoms with van der Waals surface area (Å²) >= 11 is 6.21. The molecule has 1 unspecified atom stereocenters. The van der Waals surface area contributed by atoms with Crippen molar-refractivity contribution in [3.8, 4) is 17.6 Å². The number of hydrogen-bond acceptors (Lipinski definition) is 8. The normalized spacial score (nSPS) is 12.8. The Morgan fingerprint density at radius 2 is 1.48 bits per heavy atom. The van der Waals surface area contributed by atoms with Crippen molar-refractivity contribution in [1.82, 2.24) is 19.8 Å². The molecule has 0 aliphatic heterocycles. The van der Waals surface area contributed by atoms with Gasteiger partial charge in [-0.15, -0.1) is 0 Å². The Morgan fingerprint density at radius 1 is 0.938 bits per heavy atom. The summed E-state index contributed by atoms with van der Waals surface area (Å²) in [5.74, 6) is -0.875. The standard InChI is InChI=1S/C27H27ClF6N4O3.C5H13NO/c1-25(2,16-12-17(26(29,30)31)14-18(13-16)27(32,33)34)23(39)38(5)20-15-35-24(40-11-10-37(3)4)36-22(20)41-21-9-7-6-8-19(21)28;1-5(4-7)6(2)3/h6-9,12-15H,10-11H2,1-5H3;5,7H,4H2,1-3H3. The van der Waals surface area contributed by atoms with Crippen LogP contribution in [0.3, 0.4) is 0 Å². The molecule has 1 heterocycles. The molecule has 0 bridgehead atoms. The number of halogens is 7. The van der Waals surface area contributed by atoms with E-state index in [4.69, 9.17) is 26.2 Å². The number of benzene rings is 2. The molecule has 1 N–H and O–H groups in total. The van der Waals surface area contributed by atoms with Gasteiger partial charge in [0.15, 0.2) is 0 Å². The fourth-order valence-corrected chi connectivity index (χ4v) is 3.98. The molecule has 0 saturated carbocycles. The van der Waals surface area contributed by atoms with Gasteiger partial charge in [-0.05, 0) is 84.9 Å². The van der Waals surface area contributed by atoms with E-state index in [9.17, 15) is 31.1 Å². The molecule has 1 atom stereocenters. The fourth-order valence-electron chi connectivity index (χ4n) is 3.80. The Bertz CT molecular complexity index is 1490. The summed E-state index contributed by atoms with van der Waals surface area (Å²) < 4.78 is 92.4. The molecule has 0 saturated heterocycles. The third kappa shape index (κ3) is 11.2. The lowest BCUT2D eigenvalue weighted by Gasteiger charge is -2.31. The zero-order valence-corrected chi connectivity index (χ0v) is 28.6. The largest absolute Gasteiger partial charge is 0.462 e. The van der Waals surface area contributed by atoms with Gasteiger partial charge in [-0.3, -0.25) is 4.79 Å². The third-order valence-corrected chi connectivity index (χ3v) is 7.49. The number of likely N-dealkylation sites (N-methyl/N-ethyl adjacent to an activating group) is 3. The summed E-state index contributed by atoms with van der Waals surface area (Å²) in [6, 6.07) is 7.65. The number of carbonyl (C=O) groups is 1. The number of para-hydroxylation sites is 1. The minimum atomic E-state index is -5.08. The lowest BCUT2D eigenvalue weighted by molar-refractivity contribution is -0.143. The lowest BCUT2D eigenvalue weighted by atomic mass is 9.81. The van der Waals surface area contributed by atoms with Crippen molar-refractivity contribution >= 4 is 23.2 Å². The first kappa shape index (κ1) is 40.5. The van der Waals surface area contributed by atoms with E-state index in [1.807, 2.05) is 44.9 Å². The molecular weight excluding hydrogens is 668 g/mol. The molecule has 9 nitrogen and oxygen atoms in total. The van der Waals surface area contributed by atoms with E-state index in [0.717, 1.165) is 4.90 Å². The van der Waals surface area contributed by atoms with Gasteiger partial charge in [0.25, 0.3) is 0 Å². The second-order valence-electron chi connectivity index (χ2n) is 11.8. The van der Waals surface area contributed by atoms with Crippen LogP contribution in [0, 0.1) is 0 Å². The van der Waals surface area contributed by atoms with Crippen molar-refractivity contribution in [3.05, 3.63) is 70.4 Å². The van der Waals surface area contributed by atoms with E-state index >= 15 is 0 Å². The van der Waals surface area contributed by atoms with Crippen LogP contribution in [0.15, 0.2) is 48.7 Å². The molecular formula is C32H40ClF6N5O4. The van der Waals surface area contributed by atoms with Gasteiger partial charge in [-0.2, -0.15) is 31.3 Å². The van der Waals surface area contributed by atoms with Crippen molar-refractivity contribution in [2.45, 2.75) is 44.6 Å². The summed E-state index contributed by atoms with van der Waals surface area (Å²) in [7, 11) is 8.84. The third-order valence-electron chi connectivity index (χ3n) is 7.18. The highest BCUT2D eigenvalue weighted by Gasteiger charge is 2.41. The molecule has 0 fully saturated rings. The smallest absolute Gasteiger partial charge is 0.416 e. The van der Waals surface area contributed by atoms with Gasteiger partial charge in [0.05, 0.1) is 34.4 Å². The SMILES string of the molecule is CC(CO)N(C)C.CN(C)CCOc1ncc(N(C)C(=O)C(C)(C)c2cc(C(F)(F)F)cc(C(F)(F)F)c2)c(Oc2ccccc2Cl)n1. The second-order valence-corrected chi connectivity index (χ2v) is 12.2. The molecule has 0 radical (unpaired) electrons. The van der Waals surface area contributed by atoms with Gasteiger partial charge >= 0.3 is 18.4 Å². The number of alkyl halides is 6. The maximum atomic E-state index is 13.7. The summed E-state index contributed by atoms with van der Waals surface area (Å²) in [6.07, 6.45) is -8.95. The highest BCUT2D eigenvalue weighted by molar-refractivity contribution is 6.32. The number of aliphatic hydroxyl groups is 1. The molecule has 48 heavy (non-hydrogen) atoms. The molecule has 3 aromatic rings. The van der Waals surface area contributed by atoms with Gasteiger partial charge in [-0.25, -0.2) is 4.98 Å². The Labute approximate surface area is 281 Å². The fraction of sp³-hybridized carbons (Fsp3) is 0.469. The number of nitrogens with zero attached hydrogens (tertiary/aromatic N) is 5. The molecule has 3 rings (SSSR count). The van der Waals surface area contributed by atoms with Gasteiger partial charge < -0.3 is 29.3 Å². The van der Waals surface area contributed by atoms with E-state index in [1.165, 1.54) is 33.2 Å². The topological polar surface area (TPSA) is 91.3 Å². The number of anilines is 1. The average molecular weight is 708 g/mol. The summed E-state index contributed by atoms with van der Waals surface area (Å²) in [5.41, 5.74) is -5.45. The first-order valence-electron chi connectivity index (χ1n) is 14.5. The number of ether oxygens (including phenoxy) is 2. The predicted molar refractivity (Wildman–Crippen MR) is 171 cm³/mol. The van der Waals surface area contributed by atoms with Gasteiger partial charge in [0.2, 0.25) is 11.8 Å². The first-order chi connectivity index (χ1) is 22.1. The Kier molecular flexibility index (Phi) is 14.0. The van der Waals surface area contributed by atoms with E-state index in [2.05, 4.69) is 9.97 Å². The molecule has 0 aliphatic rings. The molecule has 1 aromatic heterocycles. The van der Waals surface area contributed by atoms with Crippen LogP contribution in [0.5, 0.6) is 17.6 Å². The number of aromatic nitrogens is 2. The van der Waals surface area contributed by atoms with Crippen molar-refractivity contribution in [1.29, 1.82) is 0 Å². The maximum absolute atomic E-state index is 13.7. The summed E-state index contributed by atoms with van der Waals surface area (Å²) in [6.45, 7) is 5.41. The highest BCUT2D eigenvalue weighted by atomic mass is 35.5. The molecule has 2 aromatic carbocycles. The molecule has 16 heteroatoms. The van der Waals surface area contributed by atoms with Crippen molar-refractivity contribution < 1.29 is 45.7 Å². The first-order valence-corrected chi connectivity index (χ1v) is 14.9. The van der Waals surface area contributed by atoms with Gasteiger partial charge in [0, 0.05) is 19.6 Å². The number of hydrogen-bond donors (Lipinski definition) is 1. The zero-order valence-electron chi connectivity index (χ0n) is 27.9. The van der Waals surface area contributed by atoms with E-state index in [1.54, 1.807) is 18.2 Å². The molecule has 0 aliphatic carbocycles. The number of rotatable bonds is 11. The van der Waals surface area contributed by atoms with Crippen molar-refractivity contribution in [3.63, 3.8) is 0 Å². The predicted octanol–water partition coefficient (Wildman–Crippen LogP) is 6.77. The van der Waals surface area contributed by atoms with Crippen LogP contribution >= 0.6 is 11.6 Å². The summed E-state index contributed by atoms with van der Waals surface area (Å²) in [4.78, 5) is 26.8. The zero-order chi connectivity index (χ0) is 36.6. The number of aliphatic hydroxyl groups excluding tert-OH is 1. The van der Waals surface area contributed by atoms with Gasteiger partial charge in [0.1, 0.15) is 18.0 Å². The number of amides is 1. The van der Waals surface area contributed by atoms with Crippen LogP contribution in [-0.4, -0.2) is 91.8 Å². The maximum Gasteiger partial charge on any atom is 0.416 e. The highest BCUT2D eigenvalue weighted by Crippen LogP contribution is 2.41. The quantitative estimate of drug-likeness (QED) is 0.219. The second kappa shape index (κ2) is 16.6. The number of carbonyl (C=O) groups excluding carboxylic acids is 1. The van der Waals surface area contributed by atoms with Crippen LogP contribution in [0.1, 0.15) is 37.5 Å². The van der Waals surface area contributed by atoms with E-state index in [-0.39, 0.29) is 47.6 Å². The van der Waals surface area contributed by atoms with Crippen LogP contribution in [0.2, 0.25) is 5.02 Å². The molecule has 1 amide bonds. The molecule has 0 spiro atoms. The van der Waals surface area contributed by atoms with Gasteiger partial charge in [-0.1, -0.05) is 23.7 Å². The Hall–Kier alpha value is -3.66. The average Bonchev–Trinajstić information content (AvgIpc) is 3.00. The van der Waals surface area contributed by atoms with Crippen LogP contribution in [0.4, 0.5) is 32.0 Å². The van der Waals surface area contributed by atoms with E-state index < -0.39 is 40.4 Å². The van der Waals surface area contributed by atoms with Crippen molar-refractivity contribution in [2.75, 3.05) is 59.9 Å². The minimum absolute atomic E-state index is 0.00613. The van der Waals surface area contributed by atoms with Crippen LogP contribution < -0.4 is 14.4 Å². The van der Waals surface area contributed by atoms with Crippen LogP contribution in [-0.2, 0) is 22.6 Å². The van der Waals surface area contributed by atoms with Crippen LogP contribution in [0.25, 0.3) is 0 Å². The van der Waals surface area contributed by atoms with E-state index in [0.29, 0.717) is 24.7 Å². The lowest BCUT2D eigenvalue weighted by Crippen LogP contribution is -2.42. The Balaban J connectivity index is 0.00000103. The summed E-state index contributed by atoms with van der Waals surface area (Å²) in [5, 5.41) is 8.68. The van der Waals surface area contributed by atoms with Crippen molar-refractivity contribution in [2.24, 2.45) is 0 Å². The minimum Gasteiger partial charge on any atom is -0.462 e. The monoisotopic (exact) mass is 707 g/mol.